The average Bonchev–Trinajstić information content (AvgIpc) is 3.31. The first kappa shape index (κ1) is 21.3. The first-order chi connectivity index (χ1) is 14.3. The summed E-state index contributed by atoms with van der Waals surface area (Å²) in [5.41, 5.74) is 2.36. The molecule has 1 saturated heterocycles. The number of nitrogens with zero attached hydrogens (tertiary/aromatic N) is 3. The second-order valence-corrected chi connectivity index (χ2v) is 7.28. The highest BCUT2D eigenvalue weighted by atomic mass is 16.5. The van der Waals surface area contributed by atoms with Crippen molar-refractivity contribution in [1.82, 2.24) is 20.4 Å². The second kappa shape index (κ2) is 12.2. The van der Waals surface area contributed by atoms with E-state index >= 15 is 0 Å². The molecule has 1 aromatic carbocycles. The van der Waals surface area contributed by atoms with Gasteiger partial charge in [0.25, 0.3) is 0 Å². The summed E-state index contributed by atoms with van der Waals surface area (Å²) in [6.07, 6.45) is 7.89. The SMILES string of the molecule is CN=C(NCCCOCC1CCOCC1)NCCc1ccc(-n2cccn2)cc1. The second-order valence-electron chi connectivity index (χ2n) is 7.28. The average molecular weight is 400 g/mol. The minimum Gasteiger partial charge on any atom is -0.381 e. The number of benzene rings is 1. The van der Waals surface area contributed by atoms with Gasteiger partial charge in [-0.2, -0.15) is 5.10 Å². The molecular formula is C22H33N5O2. The molecule has 0 radical (unpaired) electrons. The first-order valence-corrected chi connectivity index (χ1v) is 10.5. The predicted octanol–water partition coefficient (Wildman–Crippen LogP) is 2.41. The van der Waals surface area contributed by atoms with Gasteiger partial charge in [0.15, 0.2) is 5.96 Å². The van der Waals surface area contributed by atoms with Crippen LogP contribution in [-0.4, -0.2) is 62.3 Å². The molecule has 1 fully saturated rings. The molecule has 0 bridgehead atoms. The smallest absolute Gasteiger partial charge is 0.190 e. The van der Waals surface area contributed by atoms with E-state index in [9.17, 15) is 0 Å². The Morgan fingerprint density at radius 2 is 2.00 bits per heavy atom. The fourth-order valence-corrected chi connectivity index (χ4v) is 3.33. The zero-order chi connectivity index (χ0) is 20.2. The third-order valence-corrected chi connectivity index (χ3v) is 5.09. The number of nitrogens with one attached hydrogen (secondary N) is 2. The van der Waals surface area contributed by atoms with E-state index in [1.807, 2.05) is 16.9 Å². The van der Waals surface area contributed by atoms with Gasteiger partial charge in [0.2, 0.25) is 0 Å². The molecule has 0 amide bonds. The van der Waals surface area contributed by atoms with E-state index in [4.69, 9.17) is 9.47 Å². The Labute approximate surface area is 173 Å². The van der Waals surface area contributed by atoms with Gasteiger partial charge in [0.1, 0.15) is 0 Å². The van der Waals surface area contributed by atoms with E-state index in [0.29, 0.717) is 5.92 Å². The normalized spacial score (nSPS) is 15.4. The van der Waals surface area contributed by atoms with Crippen LogP contribution in [0.4, 0.5) is 0 Å². The Morgan fingerprint density at radius 1 is 1.21 bits per heavy atom. The third kappa shape index (κ3) is 7.51. The van der Waals surface area contributed by atoms with Crippen molar-refractivity contribution in [2.24, 2.45) is 10.9 Å². The molecule has 29 heavy (non-hydrogen) atoms. The molecule has 0 aliphatic carbocycles. The molecule has 158 valence electrons. The molecule has 7 nitrogen and oxygen atoms in total. The van der Waals surface area contributed by atoms with Crippen LogP contribution in [0.25, 0.3) is 5.69 Å². The number of hydrogen-bond donors (Lipinski definition) is 2. The molecule has 1 aliphatic rings. The first-order valence-electron chi connectivity index (χ1n) is 10.5. The van der Waals surface area contributed by atoms with Crippen LogP contribution in [0, 0.1) is 5.92 Å². The van der Waals surface area contributed by atoms with Gasteiger partial charge < -0.3 is 20.1 Å². The Bertz CT molecular complexity index is 709. The van der Waals surface area contributed by atoms with Gasteiger partial charge >= 0.3 is 0 Å². The number of aliphatic imine (C=N–C) groups is 1. The van der Waals surface area contributed by atoms with Crippen molar-refractivity contribution >= 4 is 5.96 Å². The van der Waals surface area contributed by atoms with E-state index in [2.05, 4.69) is 45.0 Å². The number of ether oxygens (including phenoxy) is 2. The maximum absolute atomic E-state index is 5.80. The quantitative estimate of drug-likeness (QED) is 0.365. The minimum absolute atomic E-state index is 0.666. The van der Waals surface area contributed by atoms with Crippen LogP contribution in [0.15, 0.2) is 47.7 Å². The Kier molecular flexibility index (Phi) is 9.00. The van der Waals surface area contributed by atoms with E-state index in [1.165, 1.54) is 5.56 Å². The fraction of sp³-hybridized carbons (Fsp3) is 0.545. The van der Waals surface area contributed by atoms with Crippen molar-refractivity contribution in [2.75, 3.05) is 46.6 Å². The van der Waals surface area contributed by atoms with Crippen molar-refractivity contribution in [3.63, 3.8) is 0 Å². The Hall–Kier alpha value is -2.38. The molecule has 0 spiro atoms. The van der Waals surface area contributed by atoms with Crippen LogP contribution in [0.3, 0.4) is 0 Å². The highest BCUT2D eigenvalue weighted by Crippen LogP contribution is 2.14. The molecule has 3 rings (SSSR count). The van der Waals surface area contributed by atoms with Crippen LogP contribution in [0.5, 0.6) is 0 Å². The molecule has 1 aliphatic heterocycles. The molecule has 0 unspecified atom stereocenters. The molecule has 2 N–H and O–H groups in total. The summed E-state index contributed by atoms with van der Waals surface area (Å²) in [7, 11) is 1.80. The standard InChI is InChI=1S/C22H33N5O2/c1-23-22(24-11-3-15-29-18-20-9-16-28-17-10-20)25-13-8-19-4-6-21(7-5-19)27-14-2-12-26-27/h2,4-7,12,14,20H,3,8-11,13,15-18H2,1H3,(H2,23,24,25). The van der Waals surface area contributed by atoms with Crippen LogP contribution in [-0.2, 0) is 15.9 Å². The summed E-state index contributed by atoms with van der Waals surface area (Å²) in [6, 6.07) is 10.4. The summed E-state index contributed by atoms with van der Waals surface area (Å²) >= 11 is 0. The number of rotatable bonds is 10. The van der Waals surface area contributed by atoms with Gasteiger partial charge in [0, 0.05) is 59.0 Å². The summed E-state index contributed by atoms with van der Waals surface area (Å²) < 4.78 is 13.0. The Balaban J connectivity index is 1.25. The number of hydrogen-bond acceptors (Lipinski definition) is 4. The maximum atomic E-state index is 5.80. The van der Waals surface area contributed by atoms with E-state index in [0.717, 1.165) is 76.8 Å². The minimum atomic E-state index is 0.666. The van der Waals surface area contributed by atoms with Crippen molar-refractivity contribution < 1.29 is 9.47 Å². The molecule has 1 aromatic heterocycles. The summed E-state index contributed by atoms with van der Waals surface area (Å²) in [5, 5.41) is 11.0. The molecule has 0 saturated carbocycles. The largest absolute Gasteiger partial charge is 0.381 e. The lowest BCUT2D eigenvalue weighted by Crippen LogP contribution is -2.39. The lowest BCUT2D eigenvalue weighted by atomic mass is 10.0. The summed E-state index contributed by atoms with van der Waals surface area (Å²) in [6.45, 7) is 5.09. The van der Waals surface area contributed by atoms with Crippen molar-refractivity contribution in [3.8, 4) is 5.69 Å². The van der Waals surface area contributed by atoms with E-state index in [1.54, 1.807) is 13.2 Å². The van der Waals surface area contributed by atoms with Gasteiger partial charge in [-0.15, -0.1) is 0 Å². The van der Waals surface area contributed by atoms with Crippen LogP contribution in [0.1, 0.15) is 24.8 Å². The molecule has 2 heterocycles. The van der Waals surface area contributed by atoms with Gasteiger partial charge in [-0.3, -0.25) is 4.99 Å². The molecular weight excluding hydrogens is 366 g/mol. The highest BCUT2D eigenvalue weighted by Gasteiger charge is 2.13. The molecule has 2 aromatic rings. The highest BCUT2D eigenvalue weighted by molar-refractivity contribution is 5.79. The van der Waals surface area contributed by atoms with Crippen molar-refractivity contribution in [3.05, 3.63) is 48.3 Å². The van der Waals surface area contributed by atoms with Crippen molar-refractivity contribution in [2.45, 2.75) is 25.7 Å². The van der Waals surface area contributed by atoms with Crippen LogP contribution < -0.4 is 10.6 Å². The topological polar surface area (TPSA) is 72.7 Å². The van der Waals surface area contributed by atoms with Gasteiger partial charge in [-0.05, 0) is 55.4 Å². The third-order valence-electron chi connectivity index (χ3n) is 5.09. The van der Waals surface area contributed by atoms with Gasteiger partial charge in [-0.1, -0.05) is 12.1 Å². The lowest BCUT2D eigenvalue weighted by molar-refractivity contribution is 0.0203. The summed E-state index contributed by atoms with van der Waals surface area (Å²) in [4.78, 5) is 4.29. The van der Waals surface area contributed by atoms with Gasteiger partial charge in [0.05, 0.1) is 5.69 Å². The monoisotopic (exact) mass is 399 g/mol. The zero-order valence-corrected chi connectivity index (χ0v) is 17.3. The van der Waals surface area contributed by atoms with Crippen molar-refractivity contribution in [1.29, 1.82) is 0 Å². The van der Waals surface area contributed by atoms with E-state index in [-0.39, 0.29) is 0 Å². The molecule has 0 atom stereocenters. The molecule has 7 heteroatoms. The van der Waals surface area contributed by atoms with Gasteiger partial charge in [-0.25, -0.2) is 4.68 Å². The Morgan fingerprint density at radius 3 is 2.72 bits per heavy atom. The lowest BCUT2D eigenvalue weighted by Gasteiger charge is -2.21. The maximum Gasteiger partial charge on any atom is 0.190 e. The zero-order valence-electron chi connectivity index (χ0n) is 17.3. The summed E-state index contributed by atoms with van der Waals surface area (Å²) in [5.74, 6) is 1.50. The van der Waals surface area contributed by atoms with Crippen LogP contribution >= 0.6 is 0 Å². The van der Waals surface area contributed by atoms with Crippen LogP contribution in [0.2, 0.25) is 0 Å². The predicted molar refractivity (Wildman–Crippen MR) is 116 cm³/mol. The fourth-order valence-electron chi connectivity index (χ4n) is 3.33. The number of aromatic nitrogens is 2. The number of guanidine groups is 1. The van der Waals surface area contributed by atoms with E-state index < -0.39 is 0 Å².